The minimum Gasteiger partial charge on any atom is -0.422 e. The third-order valence-electron chi connectivity index (χ3n) is 14.3. The molecule has 0 saturated carbocycles. The average molecular weight is 1010 g/mol. The van der Waals surface area contributed by atoms with Crippen molar-refractivity contribution in [3.05, 3.63) is 265 Å². The van der Waals surface area contributed by atoms with Gasteiger partial charge in [0, 0.05) is 32.7 Å². The highest BCUT2D eigenvalue weighted by Gasteiger charge is 2.24. The molecule has 0 radical (unpaired) electrons. The summed E-state index contributed by atoms with van der Waals surface area (Å²) in [5, 5.41) is 3.49. The van der Waals surface area contributed by atoms with Gasteiger partial charge in [-0.05, 0) is 130 Å². The predicted octanol–water partition coefficient (Wildman–Crippen LogP) is 16.9. The maximum Gasteiger partial charge on any atom is 0.362 e. The first-order valence-electron chi connectivity index (χ1n) is 25.8. The molecule has 0 aliphatic rings. The van der Waals surface area contributed by atoms with Crippen molar-refractivity contribution in [2.24, 2.45) is 0 Å². The average Bonchev–Trinajstić information content (AvgIpc) is 3.68. The van der Waals surface area contributed by atoms with E-state index in [-0.39, 0.29) is 11.4 Å². The molecule has 0 fully saturated rings. The molecule has 8 nitrogen and oxygen atoms in total. The Morgan fingerprint density at radius 1 is 0.295 bits per heavy atom. The van der Waals surface area contributed by atoms with E-state index in [2.05, 4.69) is 86.6 Å². The number of hydrogen-bond acceptors (Lipinski definition) is 8. The zero-order valence-electron chi connectivity index (χ0n) is 42.5. The Morgan fingerprint density at radius 3 is 0.872 bits per heavy atom. The second kappa shape index (κ2) is 20.0. The molecule has 13 aromatic rings. The van der Waals surface area contributed by atoms with E-state index in [9.17, 15) is 9.59 Å². The summed E-state index contributed by atoms with van der Waals surface area (Å²) in [5.74, 6) is -0.277. The third kappa shape index (κ3) is 8.87. The Balaban J connectivity index is 1.01. The molecule has 0 aliphatic carbocycles. The first-order chi connectivity index (χ1) is 38.3. The van der Waals surface area contributed by atoms with Crippen LogP contribution in [0.4, 0.5) is 0 Å². The zero-order valence-corrected chi connectivity index (χ0v) is 42.5. The molecule has 8 heteroatoms. The fourth-order valence-electron chi connectivity index (χ4n) is 10.5. The van der Waals surface area contributed by atoms with Crippen LogP contribution in [0.5, 0.6) is 11.5 Å². The number of pyridine rings is 4. The Kier molecular flexibility index (Phi) is 12.1. The lowest BCUT2D eigenvalue weighted by Crippen LogP contribution is -2.11. The summed E-state index contributed by atoms with van der Waals surface area (Å²) in [7, 11) is 0. The highest BCUT2D eigenvalue weighted by atomic mass is 16.5. The van der Waals surface area contributed by atoms with Crippen LogP contribution in [0.1, 0.15) is 32.1 Å². The molecule has 4 aromatic heterocycles. The molecule has 0 spiro atoms. The second-order valence-corrected chi connectivity index (χ2v) is 19.3. The number of carbonyl (C=O) groups excluding carboxylic acids is 2. The lowest BCUT2D eigenvalue weighted by molar-refractivity contribution is 0.0719. The molecule has 0 amide bonds. The van der Waals surface area contributed by atoms with Crippen molar-refractivity contribution in [2.45, 2.75) is 13.8 Å². The second-order valence-electron chi connectivity index (χ2n) is 19.3. The summed E-state index contributed by atoms with van der Waals surface area (Å²) in [6, 6.07) is 79.4. The molecule has 9 aromatic carbocycles. The SMILES string of the molecule is Cc1cc(-c2cc(-c3ccccc3)c3ccc4c(-c5ccccc5)cc(C(=O)Oc5ccccc5)nc4c3n2)c(C)cc1-c1cc(-c2ccccc2)c2ccc3c(-c4ccccc4)cc(C(=O)Oc4ccccc4)nc3c2n1. The van der Waals surface area contributed by atoms with Crippen LogP contribution < -0.4 is 9.47 Å². The van der Waals surface area contributed by atoms with Crippen molar-refractivity contribution in [1.29, 1.82) is 0 Å². The molecule has 0 saturated heterocycles. The summed E-state index contributed by atoms with van der Waals surface area (Å²) in [4.78, 5) is 49.4. The maximum atomic E-state index is 14.1. The number of esters is 2. The van der Waals surface area contributed by atoms with Gasteiger partial charge >= 0.3 is 11.9 Å². The van der Waals surface area contributed by atoms with Crippen LogP contribution in [0.2, 0.25) is 0 Å². The highest BCUT2D eigenvalue weighted by Crippen LogP contribution is 2.42. The van der Waals surface area contributed by atoms with Crippen LogP contribution >= 0.6 is 0 Å². The van der Waals surface area contributed by atoms with Gasteiger partial charge in [0.15, 0.2) is 0 Å². The number of aryl methyl sites for hydroxylation is 2. The minimum atomic E-state index is -0.567. The number of rotatable bonds is 10. The largest absolute Gasteiger partial charge is 0.422 e. The first kappa shape index (κ1) is 47.3. The number of ether oxygens (including phenoxy) is 2. The molecule has 0 atom stereocenters. The number of nitrogens with zero attached hydrogens (tertiary/aromatic N) is 4. The molecule has 78 heavy (non-hydrogen) atoms. The van der Waals surface area contributed by atoms with Crippen molar-refractivity contribution >= 4 is 55.6 Å². The number of benzene rings is 9. The summed E-state index contributed by atoms with van der Waals surface area (Å²) < 4.78 is 11.8. The van der Waals surface area contributed by atoms with Crippen molar-refractivity contribution in [3.8, 4) is 78.5 Å². The molecule has 0 N–H and O–H groups in total. The van der Waals surface area contributed by atoms with Gasteiger partial charge in [0.2, 0.25) is 0 Å². The Bertz CT molecular complexity index is 4170. The molecular weight excluding hydrogens is 961 g/mol. The van der Waals surface area contributed by atoms with E-state index >= 15 is 0 Å². The van der Waals surface area contributed by atoms with Gasteiger partial charge in [-0.2, -0.15) is 0 Å². The van der Waals surface area contributed by atoms with Gasteiger partial charge in [-0.3, -0.25) is 0 Å². The fraction of sp³-hybridized carbons (Fsp3) is 0.0286. The van der Waals surface area contributed by atoms with E-state index in [1.165, 1.54) is 0 Å². The fourth-order valence-corrected chi connectivity index (χ4v) is 10.5. The third-order valence-corrected chi connectivity index (χ3v) is 14.3. The van der Waals surface area contributed by atoms with Gasteiger partial charge in [0.05, 0.1) is 33.5 Å². The van der Waals surface area contributed by atoms with E-state index in [1.807, 2.05) is 146 Å². The zero-order chi connectivity index (χ0) is 52.7. The molecule has 4 heterocycles. The number of carbonyl (C=O) groups is 2. The van der Waals surface area contributed by atoms with Gasteiger partial charge < -0.3 is 9.47 Å². The Morgan fingerprint density at radius 2 is 0.564 bits per heavy atom. The summed E-state index contributed by atoms with van der Waals surface area (Å²) in [6.07, 6.45) is 0. The van der Waals surface area contributed by atoms with Crippen LogP contribution in [-0.2, 0) is 0 Å². The standard InChI is InChI=1S/C70H46N4O4/c1-43-37-56(62-40-58(46-23-11-4-12-24-46)52-34-36-54-60(48-27-15-6-16-28-48)42-64(74-68(54)66(52)72-62)70(76)78-50-31-19-8-20-32-50)44(2)38-55(43)61-39-57(45-21-9-3-10-22-45)51-33-35-53-59(47-25-13-5-14-26-47)41-63(73-67(53)65(51)71-61)69(75)77-49-29-17-7-18-30-49/h3-42H,1-2H3. The number of hydrogen-bond donors (Lipinski definition) is 0. The lowest BCUT2D eigenvalue weighted by atomic mass is 9.91. The van der Waals surface area contributed by atoms with Gasteiger partial charge in [-0.1, -0.05) is 182 Å². The molecule has 13 rings (SSSR count). The van der Waals surface area contributed by atoms with Gasteiger partial charge in [0.25, 0.3) is 0 Å². The quantitative estimate of drug-likeness (QED) is 0.0758. The Hall–Kier alpha value is -10.4. The normalized spacial score (nSPS) is 11.3. The highest BCUT2D eigenvalue weighted by molar-refractivity contribution is 6.15. The van der Waals surface area contributed by atoms with E-state index in [0.29, 0.717) is 33.6 Å². The first-order valence-corrected chi connectivity index (χ1v) is 25.8. The molecule has 0 bridgehead atoms. The van der Waals surface area contributed by atoms with Crippen LogP contribution in [0.25, 0.3) is 111 Å². The molecule has 370 valence electrons. The van der Waals surface area contributed by atoms with Crippen LogP contribution in [0, 0.1) is 13.8 Å². The van der Waals surface area contributed by atoms with Crippen molar-refractivity contribution < 1.29 is 19.1 Å². The smallest absolute Gasteiger partial charge is 0.362 e. The van der Waals surface area contributed by atoms with E-state index < -0.39 is 11.9 Å². The minimum absolute atomic E-state index is 0.169. The summed E-state index contributed by atoms with van der Waals surface area (Å²) in [6.45, 7) is 4.21. The molecule has 0 aliphatic heterocycles. The van der Waals surface area contributed by atoms with E-state index in [0.717, 1.165) is 99.7 Å². The summed E-state index contributed by atoms with van der Waals surface area (Å²) >= 11 is 0. The molecule has 0 unspecified atom stereocenters. The number of para-hydroxylation sites is 2. The van der Waals surface area contributed by atoms with E-state index in [4.69, 9.17) is 29.4 Å². The summed E-state index contributed by atoms with van der Waals surface area (Å²) in [5.41, 5.74) is 15.7. The van der Waals surface area contributed by atoms with Crippen LogP contribution in [-0.4, -0.2) is 31.9 Å². The topological polar surface area (TPSA) is 104 Å². The monoisotopic (exact) mass is 1010 g/mol. The lowest BCUT2D eigenvalue weighted by Gasteiger charge is -2.18. The van der Waals surface area contributed by atoms with Crippen molar-refractivity contribution in [1.82, 2.24) is 19.9 Å². The van der Waals surface area contributed by atoms with Crippen LogP contribution in [0.3, 0.4) is 0 Å². The number of fused-ring (bicyclic) bond motifs is 6. The predicted molar refractivity (Wildman–Crippen MR) is 313 cm³/mol. The van der Waals surface area contributed by atoms with Crippen molar-refractivity contribution in [2.75, 3.05) is 0 Å². The van der Waals surface area contributed by atoms with Crippen molar-refractivity contribution in [3.63, 3.8) is 0 Å². The van der Waals surface area contributed by atoms with E-state index in [1.54, 1.807) is 24.3 Å². The van der Waals surface area contributed by atoms with Gasteiger partial charge in [0.1, 0.15) is 22.9 Å². The Labute approximate surface area is 450 Å². The maximum absolute atomic E-state index is 14.1. The molecular formula is C70H46N4O4. The van der Waals surface area contributed by atoms with Gasteiger partial charge in [-0.25, -0.2) is 29.5 Å². The number of aromatic nitrogens is 4. The van der Waals surface area contributed by atoms with Crippen LogP contribution in [0.15, 0.2) is 243 Å². The van der Waals surface area contributed by atoms with Gasteiger partial charge in [-0.15, -0.1) is 0 Å².